The van der Waals surface area contributed by atoms with Crippen molar-refractivity contribution in [2.24, 2.45) is 0 Å². The highest BCUT2D eigenvalue weighted by atomic mass is 16.5. The molecule has 0 radical (unpaired) electrons. The molecule has 2 unspecified atom stereocenters. The number of nitrogens with zero attached hydrogens (tertiary/aromatic N) is 1. The van der Waals surface area contributed by atoms with Crippen LogP contribution in [0.15, 0.2) is 0 Å². The normalized spacial score (nSPS) is 32.1. The molecule has 0 aromatic rings. The number of aliphatic hydroxyl groups excluding tert-OH is 1. The zero-order valence-electron chi connectivity index (χ0n) is 6.58. The predicted octanol–water partition coefficient (Wildman–Crippen LogP) is 0.0454. The average molecular weight is 145 g/mol. The SMILES string of the molecule is CC(O)N1CCOCC1C. The maximum Gasteiger partial charge on any atom is 0.104 e. The van der Waals surface area contributed by atoms with E-state index in [1.807, 2.05) is 4.90 Å². The second-order valence-electron chi connectivity index (χ2n) is 2.79. The van der Waals surface area contributed by atoms with Crippen molar-refractivity contribution in [3.63, 3.8) is 0 Å². The lowest BCUT2D eigenvalue weighted by Gasteiger charge is -2.35. The molecule has 1 aliphatic heterocycles. The summed E-state index contributed by atoms with van der Waals surface area (Å²) in [7, 11) is 0. The fraction of sp³-hybridized carbons (Fsp3) is 1.00. The van der Waals surface area contributed by atoms with E-state index < -0.39 is 0 Å². The van der Waals surface area contributed by atoms with Gasteiger partial charge in [0.1, 0.15) is 6.23 Å². The minimum Gasteiger partial charge on any atom is -0.379 e. The van der Waals surface area contributed by atoms with Gasteiger partial charge in [-0.2, -0.15) is 0 Å². The van der Waals surface area contributed by atoms with Crippen molar-refractivity contribution in [2.75, 3.05) is 19.8 Å². The summed E-state index contributed by atoms with van der Waals surface area (Å²) in [4.78, 5) is 2.03. The monoisotopic (exact) mass is 145 g/mol. The molecule has 0 aromatic carbocycles. The molecular weight excluding hydrogens is 130 g/mol. The molecule has 0 spiro atoms. The van der Waals surface area contributed by atoms with Gasteiger partial charge in [0.25, 0.3) is 0 Å². The molecule has 0 saturated carbocycles. The van der Waals surface area contributed by atoms with Crippen LogP contribution in [0.1, 0.15) is 13.8 Å². The molecule has 2 atom stereocenters. The Labute approximate surface area is 61.6 Å². The number of hydrogen-bond acceptors (Lipinski definition) is 3. The lowest BCUT2D eigenvalue weighted by atomic mass is 10.2. The topological polar surface area (TPSA) is 32.7 Å². The van der Waals surface area contributed by atoms with Gasteiger partial charge in [-0.05, 0) is 13.8 Å². The maximum absolute atomic E-state index is 9.22. The summed E-state index contributed by atoms with van der Waals surface area (Å²) < 4.78 is 5.21. The quantitative estimate of drug-likeness (QED) is 0.565. The van der Waals surface area contributed by atoms with Gasteiger partial charge in [0.15, 0.2) is 0 Å². The first-order valence-corrected chi connectivity index (χ1v) is 3.73. The van der Waals surface area contributed by atoms with E-state index in [2.05, 4.69) is 6.92 Å². The summed E-state index contributed by atoms with van der Waals surface area (Å²) in [5.41, 5.74) is 0. The van der Waals surface area contributed by atoms with Gasteiger partial charge in [0.2, 0.25) is 0 Å². The van der Waals surface area contributed by atoms with Crippen LogP contribution in [0.4, 0.5) is 0 Å². The Morgan fingerprint density at radius 1 is 1.70 bits per heavy atom. The van der Waals surface area contributed by atoms with Crippen LogP contribution in [0, 0.1) is 0 Å². The minimum absolute atomic E-state index is 0.334. The summed E-state index contributed by atoms with van der Waals surface area (Å²) in [6, 6.07) is 0.355. The fourth-order valence-electron chi connectivity index (χ4n) is 1.30. The Bertz CT molecular complexity index is 106. The molecule has 60 valence electrons. The Balaban J connectivity index is 2.40. The Morgan fingerprint density at radius 2 is 2.40 bits per heavy atom. The van der Waals surface area contributed by atoms with E-state index in [1.165, 1.54) is 0 Å². The van der Waals surface area contributed by atoms with Crippen molar-refractivity contribution in [2.45, 2.75) is 26.1 Å². The molecule has 1 N–H and O–H groups in total. The molecule has 3 nitrogen and oxygen atoms in total. The molecule has 0 aliphatic carbocycles. The minimum atomic E-state index is -0.334. The van der Waals surface area contributed by atoms with E-state index in [0.29, 0.717) is 6.04 Å². The standard InChI is InChI=1S/C7H15NO2/c1-6-5-10-4-3-8(6)7(2)9/h6-7,9H,3-5H2,1-2H3. The highest BCUT2D eigenvalue weighted by Crippen LogP contribution is 2.07. The van der Waals surface area contributed by atoms with Gasteiger partial charge in [-0.3, -0.25) is 4.90 Å². The molecule has 1 aliphatic rings. The number of aliphatic hydroxyl groups is 1. The average Bonchev–Trinajstić information content (AvgIpc) is 1.88. The third-order valence-electron chi connectivity index (χ3n) is 1.90. The van der Waals surface area contributed by atoms with E-state index in [9.17, 15) is 5.11 Å². The van der Waals surface area contributed by atoms with Crippen molar-refractivity contribution in [3.05, 3.63) is 0 Å². The van der Waals surface area contributed by atoms with Crippen LogP contribution in [0.25, 0.3) is 0 Å². The van der Waals surface area contributed by atoms with Crippen LogP contribution in [0.3, 0.4) is 0 Å². The lowest BCUT2D eigenvalue weighted by molar-refractivity contribution is -0.0804. The number of hydrogen-bond donors (Lipinski definition) is 1. The van der Waals surface area contributed by atoms with Crippen molar-refractivity contribution in [1.29, 1.82) is 0 Å². The van der Waals surface area contributed by atoms with Crippen LogP contribution < -0.4 is 0 Å². The Morgan fingerprint density at radius 3 is 2.80 bits per heavy atom. The molecule has 3 heteroatoms. The molecule has 0 aromatic heterocycles. The van der Waals surface area contributed by atoms with E-state index in [0.717, 1.165) is 19.8 Å². The number of rotatable bonds is 1. The maximum atomic E-state index is 9.22. The lowest BCUT2D eigenvalue weighted by Crippen LogP contribution is -2.48. The molecule has 1 rings (SSSR count). The van der Waals surface area contributed by atoms with Crippen molar-refractivity contribution < 1.29 is 9.84 Å². The first kappa shape index (κ1) is 7.98. The fourth-order valence-corrected chi connectivity index (χ4v) is 1.30. The van der Waals surface area contributed by atoms with E-state index in [4.69, 9.17) is 4.74 Å². The highest BCUT2D eigenvalue weighted by Gasteiger charge is 2.21. The molecule has 1 fully saturated rings. The van der Waals surface area contributed by atoms with Crippen molar-refractivity contribution in [3.8, 4) is 0 Å². The summed E-state index contributed by atoms with van der Waals surface area (Å²) in [6.07, 6.45) is -0.334. The molecule has 0 amide bonds. The van der Waals surface area contributed by atoms with Crippen molar-refractivity contribution >= 4 is 0 Å². The van der Waals surface area contributed by atoms with Gasteiger partial charge >= 0.3 is 0 Å². The van der Waals surface area contributed by atoms with E-state index in [1.54, 1.807) is 6.92 Å². The third kappa shape index (κ3) is 1.68. The smallest absolute Gasteiger partial charge is 0.104 e. The van der Waals surface area contributed by atoms with Crippen LogP contribution in [-0.4, -0.2) is 42.0 Å². The molecule has 10 heavy (non-hydrogen) atoms. The Hall–Kier alpha value is -0.120. The second kappa shape index (κ2) is 3.32. The second-order valence-corrected chi connectivity index (χ2v) is 2.79. The molecule has 1 heterocycles. The molecule has 0 bridgehead atoms. The predicted molar refractivity (Wildman–Crippen MR) is 38.7 cm³/mol. The Kier molecular flexibility index (Phi) is 2.65. The van der Waals surface area contributed by atoms with Crippen LogP contribution in [-0.2, 0) is 4.74 Å². The van der Waals surface area contributed by atoms with Gasteiger partial charge in [0, 0.05) is 12.6 Å². The zero-order valence-corrected chi connectivity index (χ0v) is 6.58. The molecular formula is C7H15NO2. The van der Waals surface area contributed by atoms with Gasteiger partial charge in [-0.15, -0.1) is 0 Å². The summed E-state index contributed by atoms with van der Waals surface area (Å²) >= 11 is 0. The molecule has 1 saturated heterocycles. The third-order valence-corrected chi connectivity index (χ3v) is 1.90. The first-order valence-electron chi connectivity index (χ1n) is 3.73. The zero-order chi connectivity index (χ0) is 7.56. The van der Waals surface area contributed by atoms with E-state index >= 15 is 0 Å². The van der Waals surface area contributed by atoms with Crippen LogP contribution >= 0.6 is 0 Å². The number of ether oxygens (including phenoxy) is 1. The number of morpholine rings is 1. The summed E-state index contributed by atoms with van der Waals surface area (Å²) in [5, 5.41) is 9.22. The van der Waals surface area contributed by atoms with Gasteiger partial charge in [-0.1, -0.05) is 0 Å². The highest BCUT2D eigenvalue weighted by molar-refractivity contribution is 4.70. The van der Waals surface area contributed by atoms with Crippen LogP contribution in [0.2, 0.25) is 0 Å². The van der Waals surface area contributed by atoms with E-state index in [-0.39, 0.29) is 6.23 Å². The van der Waals surface area contributed by atoms with Crippen molar-refractivity contribution in [1.82, 2.24) is 4.90 Å². The van der Waals surface area contributed by atoms with Gasteiger partial charge in [0.05, 0.1) is 13.2 Å². The van der Waals surface area contributed by atoms with Gasteiger partial charge in [-0.25, -0.2) is 0 Å². The van der Waals surface area contributed by atoms with Gasteiger partial charge < -0.3 is 9.84 Å². The van der Waals surface area contributed by atoms with Crippen LogP contribution in [0.5, 0.6) is 0 Å². The summed E-state index contributed by atoms with van der Waals surface area (Å²) in [6.45, 7) is 6.19. The largest absolute Gasteiger partial charge is 0.379 e. The summed E-state index contributed by atoms with van der Waals surface area (Å²) in [5.74, 6) is 0. The first-order chi connectivity index (χ1) is 4.72.